The lowest BCUT2D eigenvalue weighted by Crippen LogP contribution is -2.44. The average Bonchev–Trinajstić information content (AvgIpc) is 2.58. The summed E-state index contributed by atoms with van der Waals surface area (Å²) in [4.78, 5) is 2.36. The van der Waals surface area contributed by atoms with Gasteiger partial charge in [-0.2, -0.15) is 5.10 Å². The Labute approximate surface area is 139 Å². The van der Waals surface area contributed by atoms with E-state index in [4.69, 9.17) is 11.5 Å². The molecule has 0 unspecified atom stereocenters. The second kappa shape index (κ2) is 6.73. The van der Waals surface area contributed by atoms with Crippen LogP contribution < -0.4 is 16.4 Å². The summed E-state index contributed by atoms with van der Waals surface area (Å²) in [6.07, 6.45) is 6.26. The summed E-state index contributed by atoms with van der Waals surface area (Å²) < 4.78 is 0. The highest BCUT2D eigenvalue weighted by Crippen LogP contribution is 2.33. The second-order valence-electron chi connectivity index (χ2n) is 7.84. The van der Waals surface area contributed by atoms with E-state index in [-0.39, 0.29) is 5.54 Å². The predicted octanol–water partition coefficient (Wildman–Crippen LogP) is 2.40. The average molecular weight is 317 g/mol. The fraction of sp³-hybridized carbons (Fsp3) is 0.778. The van der Waals surface area contributed by atoms with E-state index in [1.54, 1.807) is 0 Å². The van der Waals surface area contributed by atoms with E-state index >= 15 is 0 Å². The van der Waals surface area contributed by atoms with Gasteiger partial charge < -0.3 is 16.4 Å². The molecule has 0 spiro atoms. The lowest BCUT2D eigenvalue weighted by atomic mass is 9.78. The van der Waals surface area contributed by atoms with Crippen LogP contribution in [0.15, 0.2) is 12.1 Å². The van der Waals surface area contributed by atoms with Gasteiger partial charge in [0.2, 0.25) is 0 Å². The summed E-state index contributed by atoms with van der Waals surface area (Å²) in [6.45, 7) is 6.82. The summed E-state index contributed by atoms with van der Waals surface area (Å²) in [5.74, 6) is 2.62. The monoisotopic (exact) mass is 317 g/mol. The van der Waals surface area contributed by atoms with E-state index < -0.39 is 0 Å². The van der Waals surface area contributed by atoms with E-state index in [1.165, 1.54) is 12.8 Å². The summed E-state index contributed by atoms with van der Waals surface area (Å²) >= 11 is 0. The van der Waals surface area contributed by atoms with Crippen LogP contribution in [0.4, 0.5) is 5.82 Å². The second-order valence-corrected chi connectivity index (χ2v) is 7.84. The minimum atomic E-state index is -0.341. The van der Waals surface area contributed by atoms with E-state index in [2.05, 4.69) is 41.1 Å². The molecule has 1 saturated heterocycles. The van der Waals surface area contributed by atoms with Crippen LogP contribution in [0, 0.1) is 11.8 Å². The van der Waals surface area contributed by atoms with Crippen molar-refractivity contribution in [1.29, 1.82) is 0 Å². The van der Waals surface area contributed by atoms with Crippen molar-refractivity contribution < 1.29 is 0 Å². The number of rotatable bonds is 3. The third-order valence-corrected chi connectivity index (χ3v) is 5.89. The van der Waals surface area contributed by atoms with Crippen LogP contribution in [-0.4, -0.2) is 29.3 Å². The maximum Gasteiger partial charge on any atom is 0.151 e. The summed E-state index contributed by atoms with van der Waals surface area (Å²) in [5.41, 5.74) is 13.1. The van der Waals surface area contributed by atoms with Crippen molar-refractivity contribution in [2.24, 2.45) is 23.3 Å². The number of anilines is 1. The largest absolute Gasteiger partial charge is 0.355 e. The van der Waals surface area contributed by atoms with E-state index in [9.17, 15) is 0 Å². The Kier molecular flexibility index (Phi) is 4.87. The number of nitrogens with two attached hydrogens (primary N) is 2. The molecule has 0 radical (unpaired) electrons. The van der Waals surface area contributed by atoms with Gasteiger partial charge in [0, 0.05) is 19.1 Å². The lowest BCUT2D eigenvalue weighted by molar-refractivity contribution is 0.269. The van der Waals surface area contributed by atoms with Gasteiger partial charge in [0.25, 0.3) is 0 Å². The summed E-state index contributed by atoms with van der Waals surface area (Å²) in [5, 5.41) is 8.95. The van der Waals surface area contributed by atoms with E-state index in [0.717, 1.165) is 62.1 Å². The molecule has 5 heteroatoms. The van der Waals surface area contributed by atoms with Crippen molar-refractivity contribution in [3.63, 3.8) is 0 Å². The minimum Gasteiger partial charge on any atom is -0.355 e. The highest BCUT2D eigenvalue weighted by atomic mass is 15.3. The number of aromatic nitrogens is 2. The molecule has 2 aliphatic rings. The number of hydrogen-bond donors (Lipinski definition) is 2. The maximum atomic E-state index is 6.55. The van der Waals surface area contributed by atoms with Gasteiger partial charge in [-0.1, -0.05) is 13.8 Å². The van der Waals surface area contributed by atoms with Crippen LogP contribution in [0.25, 0.3) is 0 Å². The van der Waals surface area contributed by atoms with Crippen LogP contribution in [-0.2, 0) is 5.54 Å². The van der Waals surface area contributed by atoms with Crippen molar-refractivity contribution in [1.82, 2.24) is 10.2 Å². The van der Waals surface area contributed by atoms with Gasteiger partial charge >= 0.3 is 0 Å². The molecule has 3 rings (SSSR count). The molecule has 0 atom stereocenters. The Morgan fingerprint density at radius 1 is 1.09 bits per heavy atom. The lowest BCUT2D eigenvalue weighted by Gasteiger charge is -2.36. The van der Waals surface area contributed by atoms with Crippen molar-refractivity contribution in [3.8, 4) is 0 Å². The standard InChI is InChI=1S/C18H31N5/c1-13(2)14-7-11-23(12-8-14)17-4-3-16(21-22-17)18(20)9-5-15(19)6-10-18/h3-4,13-15H,5-12,19-20H2,1-2H3. The Morgan fingerprint density at radius 3 is 2.26 bits per heavy atom. The zero-order valence-electron chi connectivity index (χ0n) is 14.5. The van der Waals surface area contributed by atoms with Gasteiger partial charge in [-0.15, -0.1) is 5.10 Å². The molecule has 2 heterocycles. The topological polar surface area (TPSA) is 81.1 Å². The number of piperidine rings is 1. The Bertz CT molecular complexity index is 497. The molecule has 5 nitrogen and oxygen atoms in total. The fourth-order valence-corrected chi connectivity index (χ4v) is 3.97. The Balaban J connectivity index is 1.64. The van der Waals surface area contributed by atoms with Gasteiger partial charge in [0.1, 0.15) is 0 Å². The van der Waals surface area contributed by atoms with E-state index in [1.807, 2.05) is 0 Å². The maximum absolute atomic E-state index is 6.55. The summed E-state index contributed by atoms with van der Waals surface area (Å²) in [7, 11) is 0. The first-order valence-corrected chi connectivity index (χ1v) is 9.11. The molecular formula is C18H31N5. The molecule has 1 aliphatic heterocycles. The molecule has 1 saturated carbocycles. The summed E-state index contributed by atoms with van der Waals surface area (Å²) in [6, 6.07) is 4.47. The van der Waals surface area contributed by atoms with Crippen LogP contribution in [0.2, 0.25) is 0 Å². The van der Waals surface area contributed by atoms with Crippen molar-refractivity contribution in [2.75, 3.05) is 18.0 Å². The zero-order valence-corrected chi connectivity index (χ0v) is 14.5. The van der Waals surface area contributed by atoms with Crippen molar-refractivity contribution in [3.05, 3.63) is 17.8 Å². The highest BCUT2D eigenvalue weighted by Gasteiger charge is 2.34. The molecule has 0 aromatic carbocycles. The van der Waals surface area contributed by atoms with Gasteiger partial charge in [-0.05, 0) is 62.5 Å². The van der Waals surface area contributed by atoms with Gasteiger partial charge in [0.15, 0.2) is 5.82 Å². The molecule has 1 aliphatic carbocycles. The van der Waals surface area contributed by atoms with Gasteiger partial charge in [-0.25, -0.2) is 0 Å². The third-order valence-electron chi connectivity index (χ3n) is 5.89. The van der Waals surface area contributed by atoms with Crippen LogP contribution in [0.3, 0.4) is 0 Å². The Morgan fingerprint density at radius 2 is 1.74 bits per heavy atom. The molecule has 2 fully saturated rings. The number of nitrogens with zero attached hydrogens (tertiary/aromatic N) is 3. The van der Waals surface area contributed by atoms with E-state index in [0.29, 0.717) is 6.04 Å². The predicted molar refractivity (Wildman–Crippen MR) is 94.1 cm³/mol. The fourth-order valence-electron chi connectivity index (χ4n) is 3.97. The third kappa shape index (κ3) is 3.66. The molecule has 128 valence electrons. The molecular weight excluding hydrogens is 286 g/mol. The highest BCUT2D eigenvalue weighted by molar-refractivity contribution is 5.38. The van der Waals surface area contributed by atoms with Crippen LogP contribution in [0.1, 0.15) is 58.1 Å². The molecule has 1 aromatic rings. The van der Waals surface area contributed by atoms with Crippen molar-refractivity contribution in [2.45, 2.75) is 64.0 Å². The molecule has 0 amide bonds. The van der Waals surface area contributed by atoms with Gasteiger partial charge in [0.05, 0.1) is 11.2 Å². The normalized spacial score (nSPS) is 30.0. The smallest absolute Gasteiger partial charge is 0.151 e. The first-order valence-electron chi connectivity index (χ1n) is 9.11. The molecule has 4 N–H and O–H groups in total. The van der Waals surface area contributed by atoms with Gasteiger partial charge in [-0.3, -0.25) is 0 Å². The first kappa shape index (κ1) is 16.7. The number of hydrogen-bond acceptors (Lipinski definition) is 5. The molecule has 0 bridgehead atoms. The first-order chi connectivity index (χ1) is 11.0. The molecule has 1 aromatic heterocycles. The SMILES string of the molecule is CC(C)C1CCN(c2ccc(C3(N)CCC(N)CC3)nn2)CC1. The minimum absolute atomic E-state index is 0.293. The van der Waals surface area contributed by atoms with Crippen LogP contribution in [0.5, 0.6) is 0 Å². The Hall–Kier alpha value is -1.20. The quantitative estimate of drug-likeness (QED) is 0.894. The molecule has 23 heavy (non-hydrogen) atoms. The van der Waals surface area contributed by atoms with Crippen LogP contribution >= 0.6 is 0 Å². The zero-order chi connectivity index (χ0) is 16.4. The van der Waals surface area contributed by atoms with Crippen molar-refractivity contribution >= 4 is 5.82 Å².